The Kier molecular flexibility index (Phi) is 3.91. The van der Waals surface area contributed by atoms with E-state index in [1.54, 1.807) is 22.7 Å². The van der Waals surface area contributed by atoms with E-state index in [2.05, 4.69) is 0 Å². The van der Waals surface area contributed by atoms with Crippen molar-refractivity contribution in [3.8, 4) is 0 Å². The maximum atomic E-state index is 11.7. The molecule has 0 unspecified atom stereocenters. The van der Waals surface area contributed by atoms with Gasteiger partial charge in [-0.2, -0.15) is 0 Å². The van der Waals surface area contributed by atoms with Crippen LogP contribution >= 0.6 is 0 Å². The molecule has 84 valence electrons. The van der Waals surface area contributed by atoms with Crippen molar-refractivity contribution >= 4 is 5.91 Å². The number of rotatable bonds is 4. The van der Waals surface area contributed by atoms with Gasteiger partial charge in [0.2, 0.25) is 5.91 Å². The number of aliphatic hydroxyl groups is 1. The largest absolute Gasteiger partial charge is 0.390 e. The summed E-state index contributed by atoms with van der Waals surface area (Å²) in [5, 5.41) is 9.02. The van der Waals surface area contributed by atoms with Gasteiger partial charge in [-0.05, 0) is 26.0 Å². The lowest BCUT2D eigenvalue weighted by Gasteiger charge is -2.22. The molecule has 0 radical (unpaired) electrons. The first kappa shape index (κ1) is 11.8. The molecule has 1 N–H and O–H groups in total. The fourth-order valence-corrected chi connectivity index (χ4v) is 1.29. The van der Waals surface area contributed by atoms with Crippen molar-refractivity contribution in [3.05, 3.63) is 24.0 Å². The van der Waals surface area contributed by atoms with E-state index < -0.39 is 0 Å². The Hall–Kier alpha value is -1.29. The van der Waals surface area contributed by atoms with Gasteiger partial charge < -0.3 is 14.6 Å². The first-order valence-corrected chi connectivity index (χ1v) is 5.06. The molecule has 1 heterocycles. The third-order valence-corrected chi connectivity index (χ3v) is 2.56. The Morgan fingerprint density at radius 3 is 2.80 bits per heavy atom. The van der Waals surface area contributed by atoms with Crippen LogP contribution in [0, 0.1) is 0 Å². The molecule has 1 aromatic rings. The normalized spacial score (nSPS) is 10.7. The predicted octanol–water partition coefficient (Wildman–Crippen LogP) is 0.847. The van der Waals surface area contributed by atoms with Crippen molar-refractivity contribution in [2.24, 2.45) is 0 Å². The van der Waals surface area contributed by atoms with Gasteiger partial charge in [-0.25, -0.2) is 0 Å². The summed E-state index contributed by atoms with van der Waals surface area (Å²) < 4.78 is 1.77. The number of carbonyl (C=O) groups excluding carboxylic acids is 1. The van der Waals surface area contributed by atoms with E-state index >= 15 is 0 Å². The van der Waals surface area contributed by atoms with Crippen LogP contribution in [-0.4, -0.2) is 33.6 Å². The minimum Gasteiger partial charge on any atom is -0.390 e. The Morgan fingerprint density at radius 1 is 1.60 bits per heavy atom. The third-order valence-electron chi connectivity index (χ3n) is 2.56. The van der Waals surface area contributed by atoms with Crippen LogP contribution < -0.4 is 0 Å². The fraction of sp³-hybridized carbons (Fsp3) is 0.545. The summed E-state index contributed by atoms with van der Waals surface area (Å²) in [6.07, 6.45) is 1.80. The first-order valence-electron chi connectivity index (χ1n) is 5.06. The SMILES string of the molecule is CC(C)N(C)C(=O)Cn1cccc1CO. The van der Waals surface area contributed by atoms with Gasteiger partial charge >= 0.3 is 0 Å². The standard InChI is InChI=1S/C11H18N2O2/c1-9(2)12(3)11(15)7-13-6-4-5-10(13)8-14/h4-6,9,14H,7-8H2,1-3H3. The van der Waals surface area contributed by atoms with E-state index in [1.165, 1.54) is 0 Å². The van der Waals surface area contributed by atoms with Crippen LogP contribution in [0.3, 0.4) is 0 Å². The second-order valence-electron chi connectivity index (χ2n) is 3.88. The summed E-state index contributed by atoms with van der Waals surface area (Å²) in [4.78, 5) is 13.4. The highest BCUT2D eigenvalue weighted by Gasteiger charge is 2.13. The Morgan fingerprint density at radius 2 is 2.27 bits per heavy atom. The fourth-order valence-electron chi connectivity index (χ4n) is 1.29. The van der Waals surface area contributed by atoms with E-state index in [0.717, 1.165) is 5.69 Å². The van der Waals surface area contributed by atoms with Crippen LogP contribution in [0.5, 0.6) is 0 Å². The number of hydrogen-bond donors (Lipinski definition) is 1. The van der Waals surface area contributed by atoms with Gasteiger partial charge in [0.25, 0.3) is 0 Å². The number of amides is 1. The molecule has 0 aromatic carbocycles. The minimum atomic E-state index is -0.0360. The van der Waals surface area contributed by atoms with E-state index in [0.29, 0.717) is 0 Å². The Bertz CT molecular complexity index is 331. The number of nitrogens with zero attached hydrogens (tertiary/aromatic N) is 2. The molecule has 1 amide bonds. The summed E-state index contributed by atoms with van der Waals surface area (Å²) in [7, 11) is 1.79. The number of aromatic nitrogens is 1. The quantitative estimate of drug-likeness (QED) is 0.800. The lowest BCUT2D eigenvalue weighted by Crippen LogP contribution is -2.35. The smallest absolute Gasteiger partial charge is 0.242 e. The number of likely N-dealkylation sites (N-methyl/N-ethyl adjacent to an activating group) is 1. The first-order chi connectivity index (χ1) is 7.06. The zero-order valence-electron chi connectivity index (χ0n) is 9.47. The Balaban J connectivity index is 2.66. The van der Waals surface area contributed by atoms with Crippen molar-refractivity contribution < 1.29 is 9.90 Å². The molecule has 4 heteroatoms. The topological polar surface area (TPSA) is 45.5 Å². The number of carbonyl (C=O) groups is 1. The van der Waals surface area contributed by atoms with Gasteiger partial charge in [-0.15, -0.1) is 0 Å². The third kappa shape index (κ3) is 2.83. The molecule has 0 saturated heterocycles. The summed E-state index contributed by atoms with van der Waals surface area (Å²) in [6.45, 7) is 4.20. The lowest BCUT2D eigenvalue weighted by atomic mass is 10.3. The molecule has 0 spiro atoms. The highest BCUT2D eigenvalue weighted by atomic mass is 16.3. The molecule has 0 fully saturated rings. The molecule has 0 saturated carbocycles. The van der Waals surface area contributed by atoms with Gasteiger partial charge in [0, 0.05) is 25.0 Å². The summed E-state index contributed by atoms with van der Waals surface area (Å²) >= 11 is 0. The molecule has 0 bridgehead atoms. The molecule has 0 atom stereocenters. The molecular weight excluding hydrogens is 192 g/mol. The van der Waals surface area contributed by atoms with E-state index in [4.69, 9.17) is 5.11 Å². The molecule has 1 aromatic heterocycles. The second-order valence-corrected chi connectivity index (χ2v) is 3.88. The van der Waals surface area contributed by atoms with Crippen LogP contribution in [0.15, 0.2) is 18.3 Å². The average molecular weight is 210 g/mol. The second kappa shape index (κ2) is 4.98. The van der Waals surface area contributed by atoms with E-state index in [-0.39, 0.29) is 25.1 Å². The molecule has 0 aliphatic heterocycles. The molecule has 0 aliphatic carbocycles. The van der Waals surface area contributed by atoms with E-state index in [1.807, 2.05) is 26.0 Å². The Labute approximate surface area is 90.1 Å². The van der Waals surface area contributed by atoms with Crippen LogP contribution in [0.2, 0.25) is 0 Å². The highest BCUT2D eigenvalue weighted by Crippen LogP contribution is 2.04. The van der Waals surface area contributed by atoms with Crippen molar-refractivity contribution in [2.45, 2.75) is 33.0 Å². The average Bonchev–Trinajstić information content (AvgIpc) is 2.63. The summed E-state index contributed by atoms with van der Waals surface area (Å²) in [5.41, 5.74) is 0.764. The van der Waals surface area contributed by atoms with Crippen molar-refractivity contribution in [2.75, 3.05) is 7.05 Å². The van der Waals surface area contributed by atoms with Gasteiger partial charge in [0.1, 0.15) is 6.54 Å². The number of aliphatic hydroxyl groups excluding tert-OH is 1. The molecule has 0 aliphatic rings. The van der Waals surface area contributed by atoms with Crippen molar-refractivity contribution in [3.63, 3.8) is 0 Å². The molecular formula is C11H18N2O2. The van der Waals surface area contributed by atoms with Crippen LogP contribution in [0.25, 0.3) is 0 Å². The van der Waals surface area contributed by atoms with Gasteiger partial charge in [0.05, 0.1) is 6.61 Å². The van der Waals surface area contributed by atoms with Crippen molar-refractivity contribution in [1.29, 1.82) is 0 Å². The monoisotopic (exact) mass is 210 g/mol. The van der Waals surface area contributed by atoms with E-state index in [9.17, 15) is 4.79 Å². The zero-order valence-corrected chi connectivity index (χ0v) is 9.47. The van der Waals surface area contributed by atoms with Crippen molar-refractivity contribution in [1.82, 2.24) is 9.47 Å². The predicted molar refractivity (Wildman–Crippen MR) is 58.3 cm³/mol. The summed E-state index contributed by atoms with van der Waals surface area (Å²) in [6, 6.07) is 3.84. The van der Waals surface area contributed by atoms with Crippen LogP contribution in [0.1, 0.15) is 19.5 Å². The van der Waals surface area contributed by atoms with Crippen LogP contribution in [-0.2, 0) is 17.9 Å². The van der Waals surface area contributed by atoms with Gasteiger partial charge in [0.15, 0.2) is 0 Å². The van der Waals surface area contributed by atoms with Gasteiger partial charge in [-0.1, -0.05) is 0 Å². The lowest BCUT2D eigenvalue weighted by molar-refractivity contribution is -0.132. The minimum absolute atomic E-state index is 0.0360. The molecule has 15 heavy (non-hydrogen) atoms. The maximum Gasteiger partial charge on any atom is 0.242 e. The zero-order chi connectivity index (χ0) is 11.4. The van der Waals surface area contributed by atoms with Crippen LogP contribution in [0.4, 0.5) is 0 Å². The molecule has 4 nitrogen and oxygen atoms in total. The summed E-state index contributed by atoms with van der Waals surface area (Å²) in [5.74, 6) is 0.0518. The number of hydrogen-bond acceptors (Lipinski definition) is 2. The van der Waals surface area contributed by atoms with Gasteiger partial charge in [-0.3, -0.25) is 4.79 Å². The maximum absolute atomic E-state index is 11.7. The highest BCUT2D eigenvalue weighted by molar-refractivity contribution is 5.76. The molecule has 1 rings (SSSR count).